The van der Waals surface area contributed by atoms with Crippen molar-refractivity contribution in [3.05, 3.63) is 71.4 Å². The first-order chi connectivity index (χ1) is 10.2. The summed E-state index contributed by atoms with van der Waals surface area (Å²) in [7, 11) is 0. The summed E-state index contributed by atoms with van der Waals surface area (Å²) in [4.78, 5) is 12.1. The van der Waals surface area contributed by atoms with Gasteiger partial charge in [0, 0.05) is 23.1 Å². The number of benzene rings is 1. The molecule has 2 heterocycles. The molecule has 0 saturated carbocycles. The van der Waals surface area contributed by atoms with Gasteiger partial charge in [-0.15, -0.1) is 0 Å². The molecular weight excluding hydrogens is 290 g/mol. The molecule has 106 valence electrons. The fraction of sp³-hybridized carbons (Fsp3) is 0.0667. The zero-order valence-electron chi connectivity index (χ0n) is 11.0. The monoisotopic (exact) mass is 301 g/mol. The Labute approximate surface area is 126 Å². The lowest BCUT2D eigenvalue weighted by Gasteiger charge is -2.03. The van der Waals surface area contributed by atoms with Crippen molar-refractivity contribution in [2.24, 2.45) is 0 Å². The molecule has 21 heavy (non-hydrogen) atoms. The normalized spacial score (nSPS) is 10.5. The number of aromatic nitrogens is 2. The highest BCUT2D eigenvalue weighted by Crippen LogP contribution is 2.16. The van der Waals surface area contributed by atoms with E-state index in [0.717, 1.165) is 0 Å². The van der Waals surface area contributed by atoms with Crippen molar-refractivity contribution in [2.75, 3.05) is 5.32 Å². The van der Waals surface area contributed by atoms with Gasteiger partial charge in [0.1, 0.15) is 5.76 Å². The standard InChI is InChI=1S/C15H12ClN3O2/c16-11-2-4-12(5-3-11)18-15(20)14-7-6-13(21-14)10-19-9-1-8-17-19/h1-9H,10H2,(H,18,20). The number of carbonyl (C=O) groups is 1. The van der Waals surface area contributed by atoms with E-state index in [4.69, 9.17) is 16.0 Å². The van der Waals surface area contributed by atoms with Gasteiger partial charge in [0.25, 0.3) is 5.91 Å². The summed E-state index contributed by atoms with van der Waals surface area (Å²) in [5.74, 6) is 0.621. The number of furan rings is 1. The van der Waals surface area contributed by atoms with Gasteiger partial charge in [-0.3, -0.25) is 9.48 Å². The second kappa shape index (κ2) is 5.85. The summed E-state index contributed by atoms with van der Waals surface area (Å²) < 4.78 is 7.24. The van der Waals surface area contributed by atoms with Crippen LogP contribution in [-0.2, 0) is 6.54 Å². The number of hydrogen-bond acceptors (Lipinski definition) is 3. The van der Waals surface area contributed by atoms with E-state index in [1.807, 2.05) is 12.3 Å². The van der Waals surface area contributed by atoms with Crippen LogP contribution in [-0.4, -0.2) is 15.7 Å². The van der Waals surface area contributed by atoms with Crippen LogP contribution in [0.2, 0.25) is 5.02 Å². The van der Waals surface area contributed by atoms with Crippen LogP contribution in [0.5, 0.6) is 0 Å². The van der Waals surface area contributed by atoms with E-state index in [-0.39, 0.29) is 11.7 Å². The minimum absolute atomic E-state index is 0.257. The van der Waals surface area contributed by atoms with Crippen LogP contribution in [0.15, 0.2) is 59.3 Å². The first kappa shape index (κ1) is 13.5. The van der Waals surface area contributed by atoms with Gasteiger partial charge in [-0.1, -0.05) is 11.6 Å². The number of halogens is 1. The maximum atomic E-state index is 12.1. The average Bonchev–Trinajstić information content (AvgIpc) is 3.13. The average molecular weight is 302 g/mol. The lowest BCUT2D eigenvalue weighted by Crippen LogP contribution is -2.10. The van der Waals surface area contributed by atoms with E-state index in [1.165, 1.54) is 0 Å². The van der Waals surface area contributed by atoms with Gasteiger partial charge in [0.05, 0.1) is 6.54 Å². The predicted octanol–water partition coefficient (Wildman–Crippen LogP) is 3.43. The lowest BCUT2D eigenvalue weighted by molar-refractivity contribution is 0.0994. The molecule has 3 rings (SSSR count). The van der Waals surface area contributed by atoms with Crippen molar-refractivity contribution in [2.45, 2.75) is 6.54 Å². The molecule has 0 saturated heterocycles. The smallest absolute Gasteiger partial charge is 0.291 e. The summed E-state index contributed by atoms with van der Waals surface area (Å²) in [5.41, 5.74) is 0.662. The quantitative estimate of drug-likeness (QED) is 0.803. The maximum Gasteiger partial charge on any atom is 0.291 e. The lowest BCUT2D eigenvalue weighted by atomic mass is 10.3. The van der Waals surface area contributed by atoms with Crippen molar-refractivity contribution in [1.29, 1.82) is 0 Å². The Morgan fingerprint density at radius 2 is 2.05 bits per heavy atom. The molecule has 1 aromatic carbocycles. The molecule has 3 aromatic rings. The Morgan fingerprint density at radius 3 is 2.76 bits per heavy atom. The minimum Gasteiger partial charge on any atom is -0.454 e. The van der Waals surface area contributed by atoms with Crippen LogP contribution in [0.25, 0.3) is 0 Å². The molecule has 0 aliphatic carbocycles. The van der Waals surface area contributed by atoms with E-state index in [2.05, 4.69) is 10.4 Å². The third-order valence-electron chi connectivity index (χ3n) is 2.86. The zero-order chi connectivity index (χ0) is 14.7. The second-order valence-electron chi connectivity index (χ2n) is 4.43. The van der Waals surface area contributed by atoms with Gasteiger partial charge in [0.2, 0.25) is 0 Å². The molecule has 0 aliphatic heterocycles. The number of rotatable bonds is 4. The summed E-state index contributed by atoms with van der Waals surface area (Å²) in [6.45, 7) is 0.487. The molecular formula is C15H12ClN3O2. The van der Waals surface area contributed by atoms with Gasteiger partial charge < -0.3 is 9.73 Å². The van der Waals surface area contributed by atoms with Crippen molar-refractivity contribution >= 4 is 23.2 Å². The number of nitrogens with one attached hydrogen (secondary N) is 1. The molecule has 0 unspecified atom stereocenters. The summed E-state index contributed by atoms with van der Waals surface area (Å²) in [5, 5.41) is 7.45. The van der Waals surface area contributed by atoms with Crippen LogP contribution in [0.1, 0.15) is 16.3 Å². The van der Waals surface area contributed by atoms with Crippen LogP contribution < -0.4 is 5.32 Å². The van der Waals surface area contributed by atoms with Gasteiger partial charge in [0.15, 0.2) is 5.76 Å². The van der Waals surface area contributed by atoms with Gasteiger partial charge in [-0.05, 0) is 42.5 Å². The van der Waals surface area contributed by atoms with E-state index in [9.17, 15) is 4.79 Å². The number of nitrogens with zero attached hydrogens (tertiary/aromatic N) is 2. The highest BCUT2D eigenvalue weighted by Gasteiger charge is 2.11. The van der Waals surface area contributed by atoms with E-state index in [1.54, 1.807) is 47.3 Å². The minimum atomic E-state index is -0.302. The highest BCUT2D eigenvalue weighted by molar-refractivity contribution is 6.30. The molecule has 6 heteroatoms. The number of amides is 1. The summed E-state index contributed by atoms with van der Waals surface area (Å²) >= 11 is 5.80. The van der Waals surface area contributed by atoms with Gasteiger partial charge >= 0.3 is 0 Å². The molecule has 0 fully saturated rings. The largest absolute Gasteiger partial charge is 0.454 e. The van der Waals surface area contributed by atoms with E-state index < -0.39 is 0 Å². The fourth-order valence-electron chi connectivity index (χ4n) is 1.86. The van der Waals surface area contributed by atoms with Gasteiger partial charge in [-0.2, -0.15) is 5.10 Å². The Balaban J connectivity index is 1.67. The molecule has 5 nitrogen and oxygen atoms in total. The molecule has 1 amide bonds. The Hall–Kier alpha value is -2.53. The third kappa shape index (κ3) is 3.32. The molecule has 0 aliphatic rings. The van der Waals surface area contributed by atoms with Crippen LogP contribution in [0.4, 0.5) is 5.69 Å². The highest BCUT2D eigenvalue weighted by atomic mass is 35.5. The number of anilines is 1. The predicted molar refractivity (Wildman–Crippen MR) is 79.4 cm³/mol. The summed E-state index contributed by atoms with van der Waals surface area (Å²) in [6, 6.07) is 12.1. The van der Waals surface area contributed by atoms with Crippen LogP contribution >= 0.6 is 11.6 Å². The topological polar surface area (TPSA) is 60.1 Å². The van der Waals surface area contributed by atoms with Crippen molar-refractivity contribution in [1.82, 2.24) is 9.78 Å². The van der Waals surface area contributed by atoms with Crippen molar-refractivity contribution in [3.63, 3.8) is 0 Å². The molecule has 0 bridgehead atoms. The molecule has 0 radical (unpaired) electrons. The Kier molecular flexibility index (Phi) is 3.75. The molecule has 2 aromatic heterocycles. The number of hydrogen-bond donors (Lipinski definition) is 1. The Bertz CT molecular complexity index is 733. The van der Waals surface area contributed by atoms with E-state index in [0.29, 0.717) is 23.0 Å². The van der Waals surface area contributed by atoms with Crippen molar-refractivity contribution < 1.29 is 9.21 Å². The van der Waals surface area contributed by atoms with Crippen LogP contribution in [0, 0.1) is 0 Å². The molecule has 1 N–H and O–H groups in total. The van der Waals surface area contributed by atoms with Crippen LogP contribution in [0.3, 0.4) is 0 Å². The van der Waals surface area contributed by atoms with Gasteiger partial charge in [-0.25, -0.2) is 0 Å². The molecule has 0 spiro atoms. The third-order valence-corrected chi connectivity index (χ3v) is 3.12. The SMILES string of the molecule is O=C(Nc1ccc(Cl)cc1)c1ccc(Cn2cccn2)o1. The van der Waals surface area contributed by atoms with E-state index >= 15 is 0 Å². The fourth-order valence-corrected chi connectivity index (χ4v) is 1.99. The number of carbonyl (C=O) groups excluding carboxylic acids is 1. The Morgan fingerprint density at radius 1 is 1.24 bits per heavy atom. The maximum absolute atomic E-state index is 12.1. The second-order valence-corrected chi connectivity index (χ2v) is 4.87. The zero-order valence-corrected chi connectivity index (χ0v) is 11.7. The first-order valence-corrected chi connectivity index (χ1v) is 6.71. The van der Waals surface area contributed by atoms with Crippen molar-refractivity contribution in [3.8, 4) is 0 Å². The molecule has 0 atom stereocenters. The summed E-state index contributed by atoms with van der Waals surface area (Å²) in [6.07, 6.45) is 3.52. The first-order valence-electron chi connectivity index (χ1n) is 6.34.